The van der Waals surface area contributed by atoms with Crippen LogP contribution in [0.25, 0.3) is 0 Å². The monoisotopic (exact) mass is 385 g/mol. The minimum atomic E-state index is -0.0760. The van der Waals surface area contributed by atoms with Crippen LogP contribution >= 0.6 is 11.3 Å². The van der Waals surface area contributed by atoms with E-state index in [1.165, 1.54) is 22.4 Å². The fourth-order valence-electron chi connectivity index (χ4n) is 3.90. The lowest BCUT2D eigenvalue weighted by atomic mass is 9.95. The molecular formula is C21H27N3O2S. The van der Waals surface area contributed by atoms with Crippen molar-refractivity contribution < 1.29 is 9.53 Å². The third kappa shape index (κ3) is 4.34. The Bertz CT molecular complexity index is 795. The van der Waals surface area contributed by atoms with Gasteiger partial charge in [-0.25, -0.2) is 0 Å². The number of carbonyl (C=O) groups is 1. The second-order valence-electron chi connectivity index (χ2n) is 7.31. The van der Waals surface area contributed by atoms with Gasteiger partial charge in [0.05, 0.1) is 23.8 Å². The Labute approximate surface area is 164 Å². The van der Waals surface area contributed by atoms with Gasteiger partial charge >= 0.3 is 0 Å². The number of amides is 1. The number of nitrogens with zero attached hydrogens (tertiary/aromatic N) is 1. The number of morpholine rings is 1. The summed E-state index contributed by atoms with van der Waals surface area (Å²) in [6.07, 6.45) is 5.36. The molecule has 144 valence electrons. The van der Waals surface area contributed by atoms with Crippen molar-refractivity contribution in [3.05, 3.63) is 45.8 Å². The highest BCUT2D eigenvalue weighted by atomic mass is 32.1. The van der Waals surface area contributed by atoms with Crippen LogP contribution in [0.15, 0.2) is 24.3 Å². The van der Waals surface area contributed by atoms with Crippen molar-refractivity contribution >= 4 is 27.9 Å². The Kier molecular flexibility index (Phi) is 5.76. The number of fused-ring (bicyclic) bond motifs is 1. The standard InChI is InChI=1S/C21H27N3O2S/c22-20-19(17-3-1-2-4-18(17)27-20)21(25)23-16-7-5-15(6-8-16)9-10-24-11-13-26-14-12-24/h5-8H,1-4,9-14,22H2,(H,23,25). The first-order valence-electron chi connectivity index (χ1n) is 9.81. The molecule has 1 saturated heterocycles. The fourth-order valence-corrected chi connectivity index (χ4v) is 5.05. The summed E-state index contributed by atoms with van der Waals surface area (Å²) in [6, 6.07) is 8.17. The maximum Gasteiger partial charge on any atom is 0.258 e. The summed E-state index contributed by atoms with van der Waals surface area (Å²) in [5.74, 6) is -0.0760. The molecule has 2 aromatic rings. The molecule has 0 radical (unpaired) electrons. The summed E-state index contributed by atoms with van der Waals surface area (Å²) in [4.78, 5) is 16.5. The first-order valence-corrected chi connectivity index (χ1v) is 10.6. The van der Waals surface area contributed by atoms with Gasteiger partial charge in [-0.2, -0.15) is 0 Å². The van der Waals surface area contributed by atoms with Crippen molar-refractivity contribution in [2.75, 3.05) is 43.9 Å². The second-order valence-corrected chi connectivity index (χ2v) is 8.44. The van der Waals surface area contributed by atoms with E-state index in [0.717, 1.165) is 64.2 Å². The van der Waals surface area contributed by atoms with Gasteiger partial charge in [0.1, 0.15) is 0 Å². The van der Waals surface area contributed by atoms with E-state index in [0.29, 0.717) is 10.6 Å². The summed E-state index contributed by atoms with van der Waals surface area (Å²) >= 11 is 1.58. The number of nitrogens with two attached hydrogens (primary N) is 1. The molecule has 0 saturated carbocycles. The molecule has 4 rings (SSSR count). The Morgan fingerprint density at radius 1 is 1.15 bits per heavy atom. The van der Waals surface area contributed by atoms with E-state index in [9.17, 15) is 4.79 Å². The molecule has 1 amide bonds. The zero-order chi connectivity index (χ0) is 18.6. The summed E-state index contributed by atoms with van der Waals surface area (Å²) in [6.45, 7) is 4.74. The lowest BCUT2D eigenvalue weighted by Gasteiger charge is -2.26. The van der Waals surface area contributed by atoms with Crippen molar-refractivity contribution in [3.8, 4) is 0 Å². The molecule has 1 aliphatic heterocycles. The van der Waals surface area contributed by atoms with Crippen LogP contribution in [-0.4, -0.2) is 43.7 Å². The third-order valence-electron chi connectivity index (χ3n) is 5.46. The number of rotatable bonds is 5. The molecule has 1 fully saturated rings. The van der Waals surface area contributed by atoms with Gasteiger partial charge in [-0.3, -0.25) is 9.69 Å². The van der Waals surface area contributed by atoms with E-state index in [1.54, 1.807) is 11.3 Å². The number of carbonyl (C=O) groups excluding carboxylic acids is 1. The Morgan fingerprint density at radius 3 is 2.67 bits per heavy atom. The molecule has 5 nitrogen and oxygen atoms in total. The first-order chi connectivity index (χ1) is 13.2. The van der Waals surface area contributed by atoms with E-state index in [2.05, 4.69) is 22.3 Å². The average molecular weight is 386 g/mol. The van der Waals surface area contributed by atoms with Gasteiger partial charge in [-0.15, -0.1) is 11.3 Å². The van der Waals surface area contributed by atoms with Crippen molar-refractivity contribution in [2.24, 2.45) is 0 Å². The van der Waals surface area contributed by atoms with E-state index < -0.39 is 0 Å². The van der Waals surface area contributed by atoms with Crippen molar-refractivity contribution in [3.63, 3.8) is 0 Å². The first kappa shape index (κ1) is 18.5. The summed E-state index contributed by atoms with van der Waals surface area (Å²) < 4.78 is 5.39. The molecule has 0 bridgehead atoms. The van der Waals surface area contributed by atoms with Gasteiger partial charge in [-0.05, 0) is 55.4 Å². The number of benzene rings is 1. The van der Waals surface area contributed by atoms with Gasteiger partial charge in [0.25, 0.3) is 5.91 Å². The van der Waals surface area contributed by atoms with Gasteiger partial charge < -0.3 is 15.8 Å². The predicted molar refractivity (Wildman–Crippen MR) is 111 cm³/mol. The van der Waals surface area contributed by atoms with Crippen LogP contribution < -0.4 is 11.1 Å². The molecule has 0 spiro atoms. The van der Waals surface area contributed by atoms with Crippen molar-refractivity contribution in [1.29, 1.82) is 0 Å². The number of ether oxygens (including phenoxy) is 1. The number of nitrogens with one attached hydrogen (secondary N) is 1. The molecule has 0 unspecified atom stereocenters. The number of anilines is 2. The SMILES string of the molecule is Nc1sc2c(c1C(=O)Nc1ccc(CCN3CCOCC3)cc1)CCCC2. The van der Waals surface area contributed by atoms with E-state index in [1.807, 2.05) is 12.1 Å². The maximum atomic E-state index is 12.8. The quantitative estimate of drug-likeness (QED) is 0.828. The molecule has 6 heteroatoms. The van der Waals surface area contributed by atoms with Gasteiger partial charge in [0.15, 0.2) is 0 Å². The molecule has 1 aromatic heterocycles. The van der Waals surface area contributed by atoms with Crippen LogP contribution in [0.2, 0.25) is 0 Å². The summed E-state index contributed by atoms with van der Waals surface area (Å²) in [5.41, 5.74) is 10.1. The van der Waals surface area contributed by atoms with Crippen LogP contribution in [-0.2, 0) is 24.0 Å². The fraction of sp³-hybridized carbons (Fsp3) is 0.476. The zero-order valence-corrected chi connectivity index (χ0v) is 16.4. The molecule has 0 atom stereocenters. The summed E-state index contributed by atoms with van der Waals surface area (Å²) in [7, 11) is 0. The summed E-state index contributed by atoms with van der Waals surface area (Å²) in [5, 5.41) is 3.68. The highest BCUT2D eigenvalue weighted by Gasteiger charge is 2.24. The highest BCUT2D eigenvalue weighted by Crippen LogP contribution is 2.36. The van der Waals surface area contributed by atoms with Crippen LogP contribution in [0.1, 0.15) is 39.2 Å². The topological polar surface area (TPSA) is 67.6 Å². The van der Waals surface area contributed by atoms with Crippen LogP contribution in [0.5, 0.6) is 0 Å². The number of hydrogen-bond donors (Lipinski definition) is 2. The Balaban J connectivity index is 1.37. The number of thiophene rings is 1. The normalized spacial score (nSPS) is 17.5. The van der Waals surface area contributed by atoms with Gasteiger partial charge in [0, 0.05) is 30.2 Å². The van der Waals surface area contributed by atoms with E-state index >= 15 is 0 Å². The molecule has 27 heavy (non-hydrogen) atoms. The smallest absolute Gasteiger partial charge is 0.258 e. The number of aryl methyl sites for hydroxylation is 1. The molecule has 3 N–H and O–H groups in total. The predicted octanol–water partition coefficient (Wildman–Crippen LogP) is 3.34. The minimum absolute atomic E-state index is 0.0760. The lowest BCUT2D eigenvalue weighted by Crippen LogP contribution is -2.37. The third-order valence-corrected chi connectivity index (χ3v) is 6.58. The molecular weight excluding hydrogens is 358 g/mol. The number of hydrogen-bond acceptors (Lipinski definition) is 5. The average Bonchev–Trinajstić information content (AvgIpc) is 3.04. The van der Waals surface area contributed by atoms with Gasteiger partial charge in [0.2, 0.25) is 0 Å². The second kappa shape index (κ2) is 8.42. The Morgan fingerprint density at radius 2 is 1.89 bits per heavy atom. The van der Waals surface area contributed by atoms with Crippen LogP contribution in [0, 0.1) is 0 Å². The van der Waals surface area contributed by atoms with Crippen molar-refractivity contribution in [1.82, 2.24) is 4.90 Å². The largest absolute Gasteiger partial charge is 0.390 e. The zero-order valence-electron chi connectivity index (χ0n) is 15.6. The molecule has 2 aliphatic rings. The van der Waals surface area contributed by atoms with Crippen LogP contribution in [0.3, 0.4) is 0 Å². The van der Waals surface area contributed by atoms with Crippen LogP contribution in [0.4, 0.5) is 10.7 Å². The molecule has 1 aromatic carbocycles. The van der Waals surface area contributed by atoms with Crippen molar-refractivity contribution in [2.45, 2.75) is 32.1 Å². The highest BCUT2D eigenvalue weighted by molar-refractivity contribution is 7.16. The number of nitrogen functional groups attached to an aromatic ring is 1. The maximum absolute atomic E-state index is 12.8. The molecule has 2 heterocycles. The molecule has 1 aliphatic carbocycles. The lowest BCUT2D eigenvalue weighted by molar-refractivity contribution is 0.0384. The van der Waals surface area contributed by atoms with E-state index in [-0.39, 0.29) is 5.91 Å². The van der Waals surface area contributed by atoms with Gasteiger partial charge in [-0.1, -0.05) is 12.1 Å². The minimum Gasteiger partial charge on any atom is -0.390 e. The Hall–Kier alpha value is -1.89. The van der Waals surface area contributed by atoms with E-state index in [4.69, 9.17) is 10.5 Å².